The number of carbonyl (C=O) groups excluding carboxylic acids is 2. The molecule has 1 aromatic heterocycles. The van der Waals surface area contributed by atoms with E-state index in [1.165, 1.54) is 29.3 Å². The van der Waals surface area contributed by atoms with Crippen LogP contribution in [0.25, 0.3) is 10.9 Å². The summed E-state index contributed by atoms with van der Waals surface area (Å²) in [6.07, 6.45) is 2.01. The summed E-state index contributed by atoms with van der Waals surface area (Å²) in [5, 5.41) is 0.685. The van der Waals surface area contributed by atoms with E-state index in [9.17, 15) is 18.0 Å². The minimum absolute atomic E-state index is 0.167. The zero-order chi connectivity index (χ0) is 19.5. The normalized spacial score (nSPS) is 14.3. The van der Waals surface area contributed by atoms with Crippen LogP contribution in [-0.2, 0) is 16.4 Å². The predicted octanol–water partition coefficient (Wildman–Crippen LogP) is 2.97. The van der Waals surface area contributed by atoms with Crippen molar-refractivity contribution < 1.29 is 18.0 Å². The van der Waals surface area contributed by atoms with Gasteiger partial charge in [-0.05, 0) is 42.7 Å². The zero-order valence-corrected chi connectivity index (χ0v) is 16.0. The van der Waals surface area contributed by atoms with Crippen LogP contribution in [0.1, 0.15) is 38.8 Å². The number of imide groups is 1. The molecule has 0 radical (unpaired) electrons. The van der Waals surface area contributed by atoms with Crippen LogP contribution in [0.4, 0.5) is 0 Å². The molecule has 0 spiro atoms. The number of benzene rings is 2. The summed E-state index contributed by atoms with van der Waals surface area (Å²) >= 11 is 0. The third-order valence-electron chi connectivity index (χ3n) is 5.15. The van der Waals surface area contributed by atoms with Crippen LogP contribution >= 0.6 is 0 Å². The first-order valence-corrected chi connectivity index (χ1v) is 10.0. The number of aryl methyl sites for hydroxylation is 2. The minimum atomic E-state index is -3.82. The van der Waals surface area contributed by atoms with E-state index < -0.39 is 15.9 Å². The summed E-state index contributed by atoms with van der Waals surface area (Å²) in [5.74, 6) is -0.732. The Balaban J connectivity index is 2.12. The Morgan fingerprint density at radius 1 is 0.963 bits per heavy atom. The van der Waals surface area contributed by atoms with Gasteiger partial charge in [-0.1, -0.05) is 25.1 Å². The van der Waals surface area contributed by atoms with E-state index in [-0.39, 0.29) is 10.8 Å². The fourth-order valence-electron chi connectivity index (χ4n) is 3.82. The maximum atomic E-state index is 13.2. The quantitative estimate of drug-likeness (QED) is 0.653. The molecule has 1 aliphatic rings. The number of carbonyl (C=O) groups is 2. The van der Waals surface area contributed by atoms with Crippen LogP contribution in [0.15, 0.2) is 47.5 Å². The van der Waals surface area contributed by atoms with E-state index in [1.54, 1.807) is 31.2 Å². The third-order valence-corrected chi connectivity index (χ3v) is 6.84. The molecule has 3 aromatic rings. The Bertz CT molecular complexity index is 1220. The molecule has 0 saturated carbocycles. The van der Waals surface area contributed by atoms with Gasteiger partial charge < -0.3 is 0 Å². The summed E-state index contributed by atoms with van der Waals surface area (Å²) in [7, 11) is -2.38. The van der Waals surface area contributed by atoms with E-state index >= 15 is 0 Å². The number of hydrogen-bond donors (Lipinski definition) is 0. The van der Waals surface area contributed by atoms with Gasteiger partial charge in [-0.3, -0.25) is 14.5 Å². The lowest BCUT2D eigenvalue weighted by atomic mass is 9.93. The molecule has 1 aliphatic heterocycles. The Morgan fingerprint density at radius 3 is 2.22 bits per heavy atom. The zero-order valence-electron chi connectivity index (χ0n) is 15.2. The topological polar surface area (TPSA) is 76.5 Å². The van der Waals surface area contributed by atoms with Gasteiger partial charge in [0.05, 0.1) is 21.5 Å². The molecule has 0 bridgehead atoms. The molecule has 0 N–H and O–H groups in total. The summed E-state index contributed by atoms with van der Waals surface area (Å²) in [6.45, 7) is 3.59. The number of fused-ring (bicyclic) bond motifs is 2. The first-order valence-electron chi connectivity index (χ1n) is 8.60. The van der Waals surface area contributed by atoms with Gasteiger partial charge in [0.25, 0.3) is 21.8 Å². The van der Waals surface area contributed by atoms with Crippen LogP contribution in [0.3, 0.4) is 0 Å². The van der Waals surface area contributed by atoms with Crippen LogP contribution in [-0.4, -0.2) is 36.2 Å². The lowest BCUT2D eigenvalue weighted by Crippen LogP contribution is -2.24. The van der Waals surface area contributed by atoms with Crippen molar-refractivity contribution in [3.05, 3.63) is 64.8 Å². The van der Waals surface area contributed by atoms with Crippen molar-refractivity contribution >= 4 is 32.7 Å². The Morgan fingerprint density at radius 2 is 1.59 bits per heavy atom. The molecule has 0 saturated heterocycles. The lowest BCUT2D eigenvalue weighted by Gasteiger charge is -2.13. The van der Waals surface area contributed by atoms with Gasteiger partial charge in [-0.25, -0.2) is 12.4 Å². The minimum Gasteiger partial charge on any atom is -0.277 e. The van der Waals surface area contributed by atoms with Crippen molar-refractivity contribution in [2.75, 3.05) is 7.05 Å². The smallest absolute Gasteiger partial charge is 0.268 e. The second-order valence-corrected chi connectivity index (χ2v) is 8.38. The van der Waals surface area contributed by atoms with E-state index in [0.717, 1.165) is 4.90 Å². The summed E-state index contributed by atoms with van der Waals surface area (Å²) < 4.78 is 27.6. The average molecular weight is 382 g/mol. The SMILES string of the molecule is CCc1c2c(c(C)c3c1ccn3S(=O)(=O)c1ccccc1)C(=O)N(C)C2=O. The molecule has 6 nitrogen and oxygen atoms in total. The molecule has 2 heterocycles. The van der Waals surface area contributed by atoms with Crippen molar-refractivity contribution in [3.63, 3.8) is 0 Å². The first-order chi connectivity index (χ1) is 12.8. The van der Waals surface area contributed by atoms with Gasteiger partial charge >= 0.3 is 0 Å². The molecular weight excluding hydrogens is 364 g/mol. The van der Waals surface area contributed by atoms with E-state index in [4.69, 9.17) is 0 Å². The third kappa shape index (κ3) is 2.21. The molecule has 7 heteroatoms. The Kier molecular flexibility index (Phi) is 3.75. The molecule has 2 aromatic carbocycles. The Labute approximate surface area is 157 Å². The Hall–Kier alpha value is -2.93. The maximum Gasteiger partial charge on any atom is 0.268 e. The molecule has 138 valence electrons. The molecule has 0 aliphatic carbocycles. The fraction of sp³-hybridized carbons (Fsp3) is 0.200. The van der Waals surface area contributed by atoms with Crippen molar-refractivity contribution in [1.29, 1.82) is 0 Å². The van der Waals surface area contributed by atoms with Crippen LogP contribution in [0.2, 0.25) is 0 Å². The van der Waals surface area contributed by atoms with Crippen molar-refractivity contribution in [1.82, 2.24) is 8.87 Å². The number of rotatable bonds is 3. The first kappa shape index (κ1) is 17.5. The highest BCUT2D eigenvalue weighted by atomic mass is 32.2. The van der Waals surface area contributed by atoms with Crippen molar-refractivity contribution in [3.8, 4) is 0 Å². The average Bonchev–Trinajstić information content (AvgIpc) is 3.21. The second-order valence-electron chi connectivity index (χ2n) is 6.57. The van der Waals surface area contributed by atoms with E-state index in [2.05, 4.69) is 0 Å². The summed E-state index contributed by atoms with van der Waals surface area (Å²) in [4.78, 5) is 26.5. The monoisotopic (exact) mass is 382 g/mol. The van der Waals surface area contributed by atoms with Gasteiger partial charge in [0.15, 0.2) is 0 Å². The molecule has 2 amide bonds. The second kappa shape index (κ2) is 5.79. The van der Waals surface area contributed by atoms with Gasteiger partial charge in [0.1, 0.15) is 0 Å². The number of hydrogen-bond acceptors (Lipinski definition) is 4. The molecular formula is C20H18N2O4S. The maximum absolute atomic E-state index is 13.2. The highest BCUT2D eigenvalue weighted by Gasteiger charge is 2.38. The highest BCUT2D eigenvalue weighted by Crippen LogP contribution is 2.37. The van der Waals surface area contributed by atoms with Crippen molar-refractivity contribution in [2.24, 2.45) is 0 Å². The summed E-state index contributed by atoms with van der Waals surface area (Å²) in [6, 6.07) is 9.86. The van der Waals surface area contributed by atoms with E-state index in [0.29, 0.717) is 39.6 Å². The number of aromatic nitrogens is 1. The van der Waals surface area contributed by atoms with Gasteiger partial charge in [-0.2, -0.15) is 0 Å². The van der Waals surface area contributed by atoms with Gasteiger partial charge in [0, 0.05) is 18.6 Å². The van der Waals surface area contributed by atoms with Crippen LogP contribution in [0, 0.1) is 6.92 Å². The molecule has 0 unspecified atom stereocenters. The predicted molar refractivity (Wildman–Crippen MR) is 102 cm³/mol. The summed E-state index contributed by atoms with van der Waals surface area (Å²) in [5.41, 5.74) is 2.35. The van der Waals surface area contributed by atoms with Crippen molar-refractivity contribution in [2.45, 2.75) is 25.2 Å². The van der Waals surface area contributed by atoms with Gasteiger partial charge in [0.2, 0.25) is 0 Å². The van der Waals surface area contributed by atoms with Crippen LogP contribution in [0.5, 0.6) is 0 Å². The fourth-order valence-corrected chi connectivity index (χ4v) is 5.25. The number of nitrogens with zero attached hydrogens (tertiary/aromatic N) is 2. The molecule has 27 heavy (non-hydrogen) atoms. The number of amides is 2. The highest BCUT2D eigenvalue weighted by molar-refractivity contribution is 7.90. The van der Waals surface area contributed by atoms with Gasteiger partial charge in [-0.15, -0.1) is 0 Å². The standard InChI is InChI=1S/C20H18N2O4S/c1-4-14-15-10-11-22(27(25,26)13-8-6-5-7-9-13)18(15)12(2)16-17(14)20(24)21(3)19(16)23/h5-11H,4H2,1-3H3. The largest absolute Gasteiger partial charge is 0.277 e. The molecule has 0 atom stereocenters. The van der Waals surface area contributed by atoms with Crippen LogP contribution < -0.4 is 0 Å². The molecule has 0 fully saturated rings. The van der Waals surface area contributed by atoms with E-state index in [1.807, 2.05) is 6.92 Å². The lowest BCUT2D eigenvalue weighted by molar-refractivity contribution is 0.0692. The molecule has 4 rings (SSSR count).